The number of aliphatic hydroxyl groups excluding tert-OH is 1. The van der Waals surface area contributed by atoms with Gasteiger partial charge in [-0.15, -0.1) is 11.8 Å². The molecule has 0 spiro atoms. The summed E-state index contributed by atoms with van der Waals surface area (Å²) in [4.78, 5) is 0. The SMILES string of the molecule is CCC#CCC(C)C(C)O. The second kappa shape index (κ2) is 5.32. The average molecular weight is 140 g/mol. The predicted octanol–water partition coefficient (Wildman–Crippen LogP) is 1.81. The summed E-state index contributed by atoms with van der Waals surface area (Å²) in [5.41, 5.74) is 0. The van der Waals surface area contributed by atoms with E-state index >= 15 is 0 Å². The first-order valence-corrected chi connectivity index (χ1v) is 3.82. The van der Waals surface area contributed by atoms with Crippen LogP contribution in [0.15, 0.2) is 0 Å². The molecule has 0 aromatic heterocycles. The van der Waals surface area contributed by atoms with E-state index in [1.54, 1.807) is 6.92 Å². The van der Waals surface area contributed by atoms with Gasteiger partial charge in [0.25, 0.3) is 0 Å². The lowest BCUT2D eigenvalue weighted by Crippen LogP contribution is -2.11. The molecule has 0 saturated heterocycles. The van der Waals surface area contributed by atoms with Crippen LogP contribution < -0.4 is 0 Å². The Morgan fingerprint density at radius 3 is 2.30 bits per heavy atom. The van der Waals surface area contributed by atoms with E-state index in [0.717, 1.165) is 12.8 Å². The first-order valence-electron chi connectivity index (χ1n) is 3.82. The minimum atomic E-state index is -0.230. The summed E-state index contributed by atoms with van der Waals surface area (Å²) in [6.45, 7) is 5.84. The number of aliphatic hydroxyl groups is 1. The van der Waals surface area contributed by atoms with Crippen molar-refractivity contribution in [2.75, 3.05) is 0 Å². The van der Waals surface area contributed by atoms with Gasteiger partial charge in [-0.1, -0.05) is 13.8 Å². The molecule has 2 atom stereocenters. The summed E-state index contributed by atoms with van der Waals surface area (Å²) >= 11 is 0. The van der Waals surface area contributed by atoms with Crippen molar-refractivity contribution < 1.29 is 5.11 Å². The van der Waals surface area contributed by atoms with Crippen molar-refractivity contribution in [3.63, 3.8) is 0 Å². The summed E-state index contributed by atoms with van der Waals surface area (Å²) in [6, 6.07) is 0. The highest BCUT2D eigenvalue weighted by Crippen LogP contribution is 2.05. The maximum atomic E-state index is 9.05. The molecule has 0 saturated carbocycles. The van der Waals surface area contributed by atoms with E-state index in [4.69, 9.17) is 5.11 Å². The Morgan fingerprint density at radius 1 is 1.30 bits per heavy atom. The van der Waals surface area contributed by atoms with Gasteiger partial charge in [-0.3, -0.25) is 0 Å². The number of hydrogen-bond acceptors (Lipinski definition) is 1. The van der Waals surface area contributed by atoms with Gasteiger partial charge < -0.3 is 5.11 Å². The minimum absolute atomic E-state index is 0.230. The Morgan fingerprint density at radius 2 is 1.90 bits per heavy atom. The van der Waals surface area contributed by atoms with Crippen LogP contribution in [0.5, 0.6) is 0 Å². The van der Waals surface area contributed by atoms with Crippen LogP contribution in [0.25, 0.3) is 0 Å². The van der Waals surface area contributed by atoms with Crippen molar-refractivity contribution in [2.24, 2.45) is 5.92 Å². The fourth-order valence-electron chi connectivity index (χ4n) is 0.529. The van der Waals surface area contributed by atoms with Crippen LogP contribution in [-0.4, -0.2) is 11.2 Å². The summed E-state index contributed by atoms with van der Waals surface area (Å²) in [7, 11) is 0. The fourth-order valence-corrected chi connectivity index (χ4v) is 0.529. The molecule has 2 unspecified atom stereocenters. The summed E-state index contributed by atoms with van der Waals surface area (Å²) in [6.07, 6.45) is 1.49. The molecule has 0 aliphatic rings. The van der Waals surface area contributed by atoms with Crippen molar-refractivity contribution in [1.82, 2.24) is 0 Å². The van der Waals surface area contributed by atoms with Crippen molar-refractivity contribution in [3.05, 3.63) is 0 Å². The van der Waals surface area contributed by atoms with Crippen LogP contribution in [0.4, 0.5) is 0 Å². The van der Waals surface area contributed by atoms with E-state index in [9.17, 15) is 0 Å². The molecule has 0 aliphatic heterocycles. The molecule has 0 amide bonds. The fraction of sp³-hybridized carbons (Fsp3) is 0.778. The first kappa shape index (κ1) is 9.52. The smallest absolute Gasteiger partial charge is 0.0546 e. The Hall–Kier alpha value is -0.480. The van der Waals surface area contributed by atoms with Crippen molar-refractivity contribution in [2.45, 2.75) is 39.7 Å². The summed E-state index contributed by atoms with van der Waals surface area (Å²) in [5, 5.41) is 9.05. The van der Waals surface area contributed by atoms with Crippen LogP contribution in [0.2, 0.25) is 0 Å². The van der Waals surface area contributed by atoms with Gasteiger partial charge in [0.05, 0.1) is 6.10 Å². The molecule has 1 heteroatoms. The highest BCUT2D eigenvalue weighted by atomic mass is 16.3. The minimum Gasteiger partial charge on any atom is -0.393 e. The normalized spacial score (nSPS) is 15.2. The van der Waals surface area contributed by atoms with E-state index in [2.05, 4.69) is 11.8 Å². The van der Waals surface area contributed by atoms with E-state index in [-0.39, 0.29) is 6.10 Å². The Labute approximate surface area is 63.5 Å². The zero-order valence-corrected chi connectivity index (χ0v) is 7.02. The third-order valence-corrected chi connectivity index (χ3v) is 1.55. The van der Waals surface area contributed by atoms with Crippen molar-refractivity contribution in [3.8, 4) is 11.8 Å². The van der Waals surface area contributed by atoms with E-state index < -0.39 is 0 Å². The molecule has 0 heterocycles. The highest BCUT2D eigenvalue weighted by molar-refractivity contribution is 4.98. The largest absolute Gasteiger partial charge is 0.393 e. The standard InChI is InChI=1S/C9H16O/c1-4-5-6-7-8(2)9(3)10/h8-10H,4,7H2,1-3H3. The predicted molar refractivity (Wildman–Crippen MR) is 43.5 cm³/mol. The van der Waals surface area contributed by atoms with Crippen LogP contribution in [0.1, 0.15) is 33.6 Å². The van der Waals surface area contributed by atoms with Crippen molar-refractivity contribution >= 4 is 0 Å². The van der Waals surface area contributed by atoms with Gasteiger partial charge in [0.15, 0.2) is 0 Å². The molecule has 0 bridgehead atoms. The van der Waals surface area contributed by atoms with Crippen molar-refractivity contribution in [1.29, 1.82) is 0 Å². The van der Waals surface area contributed by atoms with Crippen LogP contribution >= 0.6 is 0 Å². The Bertz CT molecular complexity index is 127. The maximum absolute atomic E-state index is 9.05. The summed E-state index contributed by atoms with van der Waals surface area (Å²) in [5.74, 6) is 6.28. The van der Waals surface area contributed by atoms with Gasteiger partial charge in [0.2, 0.25) is 0 Å². The third-order valence-electron chi connectivity index (χ3n) is 1.55. The zero-order valence-electron chi connectivity index (χ0n) is 7.02. The topological polar surface area (TPSA) is 20.2 Å². The number of rotatable bonds is 2. The number of hydrogen-bond donors (Lipinski definition) is 1. The molecule has 1 N–H and O–H groups in total. The molecule has 0 rings (SSSR count). The molecule has 10 heavy (non-hydrogen) atoms. The first-order chi connectivity index (χ1) is 4.68. The lowest BCUT2D eigenvalue weighted by atomic mass is 10.0. The molecule has 0 aromatic carbocycles. The second-order valence-corrected chi connectivity index (χ2v) is 2.63. The van der Waals surface area contributed by atoms with Gasteiger partial charge in [-0.2, -0.15) is 0 Å². The lowest BCUT2D eigenvalue weighted by Gasteiger charge is -2.09. The van der Waals surface area contributed by atoms with Gasteiger partial charge in [-0.25, -0.2) is 0 Å². The quantitative estimate of drug-likeness (QED) is 0.580. The second-order valence-electron chi connectivity index (χ2n) is 2.63. The van der Waals surface area contributed by atoms with Gasteiger partial charge >= 0.3 is 0 Å². The average Bonchev–Trinajstić information content (AvgIpc) is 1.88. The lowest BCUT2D eigenvalue weighted by molar-refractivity contribution is 0.137. The maximum Gasteiger partial charge on any atom is 0.0546 e. The van der Waals surface area contributed by atoms with Crippen LogP contribution in [-0.2, 0) is 0 Å². The molecular formula is C9H16O. The Kier molecular flexibility index (Phi) is 5.06. The van der Waals surface area contributed by atoms with Crippen LogP contribution in [0, 0.1) is 17.8 Å². The zero-order chi connectivity index (χ0) is 7.98. The molecule has 58 valence electrons. The third kappa shape index (κ3) is 4.40. The highest BCUT2D eigenvalue weighted by Gasteiger charge is 2.05. The van der Waals surface area contributed by atoms with E-state index in [0.29, 0.717) is 5.92 Å². The molecule has 1 nitrogen and oxygen atoms in total. The van der Waals surface area contributed by atoms with E-state index in [1.807, 2.05) is 13.8 Å². The molecule has 0 aliphatic carbocycles. The van der Waals surface area contributed by atoms with Gasteiger partial charge in [0.1, 0.15) is 0 Å². The molecular weight excluding hydrogens is 124 g/mol. The monoisotopic (exact) mass is 140 g/mol. The Balaban J connectivity index is 3.48. The van der Waals surface area contributed by atoms with Crippen LogP contribution in [0.3, 0.4) is 0 Å². The van der Waals surface area contributed by atoms with Gasteiger partial charge in [-0.05, 0) is 12.8 Å². The summed E-state index contributed by atoms with van der Waals surface area (Å²) < 4.78 is 0. The molecule has 0 radical (unpaired) electrons. The molecule has 0 aromatic rings. The van der Waals surface area contributed by atoms with E-state index in [1.165, 1.54) is 0 Å². The van der Waals surface area contributed by atoms with Gasteiger partial charge in [0, 0.05) is 12.8 Å². The molecule has 0 fully saturated rings.